The lowest BCUT2D eigenvalue weighted by atomic mass is 10.2. The van der Waals surface area contributed by atoms with Crippen LogP contribution in [0.15, 0.2) is 42.5 Å². The number of benzene rings is 2. The first-order valence-corrected chi connectivity index (χ1v) is 8.02. The topological polar surface area (TPSA) is 66.0 Å². The standard InChI is InChI=1S/C19H17F2NO5/c1-24-16-9-13(3-6-15(16)27-19(20)21)10-22-18(23)7-4-12-2-5-14-17(8-12)26-11-25-14/h2-9,19H,10-11H2,1H3,(H,22,23)/b7-4+. The van der Waals surface area contributed by atoms with Gasteiger partial charge in [0.2, 0.25) is 12.7 Å². The largest absolute Gasteiger partial charge is 0.493 e. The van der Waals surface area contributed by atoms with E-state index in [1.165, 1.54) is 25.3 Å². The third-order valence-electron chi connectivity index (χ3n) is 3.73. The van der Waals surface area contributed by atoms with Gasteiger partial charge in [-0.05, 0) is 41.5 Å². The highest BCUT2D eigenvalue weighted by Gasteiger charge is 2.13. The lowest BCUT2D eigenvalue weighted by Crippen LogP contribution is -2.20. The van der Waals surface area contributed by atoms with Crippen molar-refractivity contribution >= 4 is 12.0 Å². The smallest absolute Gasteiger partial charge is 0.387 e. The number of methoxy groups -OCH3 is 1. The van der Waals surface area contributed by atoms with Crippen molar-refractivity contribution < 1.29 is 32.5 Å². The zero-order valence-electron chi connectivity index (χ0n) is 14.4. The van der Waals surface area contributed by atoms with E-state index in [9.17, 15) is 13.6 Å². The average Bonchev–Trinajstić information content (AvgIpc) is 3.13. The molecule has 0 bridgehead atoms. The fraction of sp³-hybridized carbons (Fsp3) is 0.211. The Morgan fingerprint density at radius 2 is 2.00 bits per heavy atom. The van der Waals surface area contributed by atoms with Crippen LogP contribution >= 0.6 is 0 Å². The van der Waals surface area contributed by atoms with E-state index in [1.807, 2.05) is 6.07 Å². The molecule has 1 amide bonds. The Morgan fingerprint density at radius 1 is 1.19 bits per heavy atom. The first-order valence-electron chi connectivity index (χ1n) is 8.02. The molecule has 0 spiro atoms. The number of carbonyl (C=O) groups is 1. The van der Waals surface area contributed by atoms with Crippen LogP contribution in [0.3, 0.4) is 0 Å². The summed E-state index contributed by atoms with van der Waals surface area (Å²) in [4.78, 5) is 12.0. The Morgan fingerprint density at radius 3 is 2.78 bits per heavy atom. The van der Waals surface area contributed by atoms with Crippen LogP contribution in [0.5, 0.6) is 23.0 Å². The number of rotatable bonds is 7. The van der Waals surface area contributed by atoms with Gasteiger partial charge in [0.25, 0.3) is 0 Å². The van der Waals surface area contributed by atoms with Gasteiger partial charge in [0, 0.05) is 12.6 Å². The van der Waals surface area contributed by atoms with Gasteiger partial charge in [0.1, 0.15) is 0 Å². The predicted octanol–water partition coefficient (Wildman–Crippen LogP) is 3.35. The van der Waals surface area contributed by atoms with Crippen LogP contribution in [-0.4, -0.2) is 26.4 Å². The molecule has 1 heterocycles. The molecule has 1 N–H and O–H groups in total. The zero-order chi connectivity index (χ0) is 19.2. The summed E-state index contributed by atoms with van der Waals surface area (Å²) in [5.41, 5.74) is 1.47. The SMILES string of the molecule is COc1cc(CNC(=O)/C=C/c2ccc3c(c2)OCO3)ccc1OC(F)F. The molecule has 0 unspecified atom stereocenters. The zero-order valence-corrected chi connectivity index (χ0v) is 14.4. The summed E-state index contributed by atoms with van der Waals surface area (Å²) in [6, 6.07) is 9.83. The Balaban J connectivity index is 1.57. The molecular weight excluding hydrogens is 360 g/mol. The van der Waals surface area contributed by atoms with Gasteiger partial charge < -0.3 is 24.3 Å². The molecule has 0 saturated heterocycles. The second kappa shape index (κ2) is 8.39. The summed E-state index contributed by atoms with van der Waals surface area (Å²) in [6.07, 6.45) is 3.04. The van der Waals surface area contributed by atoms with Crippen molar-refractivity contribution in [2.75, 3.05) is 13.9 Å². The monoisotopic (exact) mass is 377 g/mol. The van der Waals surface area contributed by atoms with Gasteiger partial charge in [-0.15, -0.1) is 0 Å². The van der Waals surface area contributed by atoms with Crippen LogP contribution in [0.4, 0.5) is 8.78 Å². The molecule has 0 atom stereocenters. The fourth-order valence-corrected chi connectivity index (χ4v) is 2.45. The third kappa shape index (κ3) is 4.87. The molecule has 6 nitrogen and oxygen atoms in total. The van der Waals surface area contributed by atoms with E-state index in [1.54, 1.807) is 24.3 Å². The number of ether oxygens (including phenoxy) is 4. The van der Waals surface area contributed by atoms with Gasteiger partial charge in [-0.3, -0.25) is 4.79 Å². The lowest BCUT2D eigenvalue weighted by molar-refractivity contribution is -0.116. The molecule has 0 aromatic heterocycles. The Kier molecular flexibility index (Phi) is 5.75. The average molecular weight is 377 g/mol. The number of hydrogen-bond acceptors (Lipinski definition) is 5. The summed E-state index contributed by atoms with van der Waals surface area (Å²) < 4.78 is 44.6. The summed E-state index contributed by atoms with van der Waals surface area (Å²) in [5.74, 6) is 1.10. The van der Waals surface area contributed by atoms with Gasteiger partial charge in [-0.1, -0.05) is 12.1 Å². The molecule has 27 heavy (non-hydrogen) atoms. The number of hydrogen-bond donors (Lipinski definition) is 1. The second-order valence-corrected chi connectivity index (χ2v) is 5.53. The quantitative estimate of drug-likeness (QED) is 0.750. The van der Waals surface area contributed by atoms with Crippen LogP contribution in [0.2, 0.25) is 0 Å². The highest BCUT2D eigenvalue weighted by molar-refractivity contribution is 5.91. The molecule has 0 fully saturated rings. The molecule has 0 aliphatic carbocycles. The molecule has 1 aliphatic rings. The molecular formula is C19H17F2NO5. The number of nitrogens with one attached hydrogen (secondary N) is 1. The molecule has 2 aromatic rings. The van der Waals surface area contributed by atoms with Crippen molar-refractivity contribution in [2.45, 2.75) is 13.2 Å². The Hall–Kier alpha value is -3.29. The highest BCUT2D eigenvalue weighted by Crippen LogP contribution is 2.33. The molecule has 8 heteroatoms. The molecule has 0 radical (unpaired) electrons. The molecule has 3 rings (SSSR count). The van der Waals surface area contributed by atoms with Crippen molar-refractivity contribution in [3.8, 4) is 23.0 Å². The summed E-state index contributed by atoms with van der Waals surface area (Å²) in [7, 11) is 1.35. The van der Waals surface area contributed by atoms with E-state index in [2.05, 4.69) is 10.1 Å². The van der Waals surface area contributed by atoms with Crippen molar-refractivity contribution in [2.24, 2.45) is 0 Å². The number of alkyl halides is 2. The van der Waals surface area contributed by atoms with Crippen LogP contribution in [0.1, 0.15) is 11.1 Å². The Bertz CT molecular complexity index is 854. The Labute approximate surface area is 154 Å². The normalized spacial score (nSPS) is 12.4. The molecule has 142 valence electrons. The first kappa shape index (κ1) is 18.5. The minimum Gasteiger partial charge on any atom is -0.493 e. The summed E-state index contributed by atoms with van der Waals surface area (Å²) in [5, 5.41) is 2.71. The van der Waals surface area contributed by atoms with E-state index >= 15 is 0 Å². The minimum absolute atomic E-state index is 0.0646. The van der Waals surface area contributed by atoms with Crippen molar-refractivity contribution in [3.05, 3.63) is 53.6 Å². The first-order chi connectivity index (χ1) is 13.0. The van der Waals surface area contributed by atoms with Crippen LogP contribution in [-0.2, 0) is 11.3 Å². The number of carbonyl (C=O) groups excluding carboxylic acids is 1. The van der Waals surface area contributed by atoms with Crippen LogP contribution < -0.4 is 24.3 Å². The van der Waals surface area contributed by atoms with E-state index in [-0.39, 0.29) is 30.7 Å². The third-order valence-corrected chi connectivity index (χ3v) is 3.73. The molecule has 2 aromatic carbocycles. The summed E-state index contributed by atoms with van der Waals surface area (Å²) in [6.45, 7) is -2.55. The fourth-order valence-electron chi connectivity index (χ4n) is 2.45. The number of amides is 1. The highest BCUT2D eigenvalue weighted by atomic mass is 19.3. The van der Waals surface area contributed by atoms with Crippen molar-refractivity contribution in [1.82, 2.24) is 5.32 Å². The maximum Gasteiger partial charge on any atom is 0.387 e. The van der Waals surface area contributed by atoms with E-state index in [0.29, 0.717) is 17.1 Å². The maximum atomic E-state index is 12.3. The number of fused-ring (bicyclic) bond motifs is 1. The molecule has 1 aliphatic heterocycles. The van der Waals surface area contributed by atoms with Crippen molar-refractivity contribution in [1.29, 1.82) is 0 Å². The maximum absolute atomic E-state index is 12.3. The van der Waals surface area contributed by atoms with Gasteiger partial charge >= 0.3 is 6.61 Å². The van der Waals surface area contributed by atoms with Gasteiger partial charge in [-0.25, -0.2) is 0 Å². The van der Waals surface area contributed by atoms with E-state index in [4.69, 9.17) is 14.2 Å². The molecule has 0 saturated carbocycles. The van der Waals surface area contributed by atoms with Gasteiger partial charge in [0.05, 0.1) is 7.11 Å². The predicted molar refractivity (Wildman–Crippen MR) is 93.1 cm³/mol. The van der Waals surface area contributed by atoms with Gasteiger partial charge in [0.15, 0.2) is 23.0 Å². The van der Waals surface area contributed by atoms with E-state index in [0.717, 1.165) is 5.56 Å². The van der Waals surface area contributed by atoms with E-state index < -0.39 is 6.61 Å². The van der Waals surface area contributed by atoms with Crippen LogP contribution in [0, 0.1) is 0 Å². The minimum atomic E-state index is -2.94. The summed E-state index contributed by atoms with van der Waals surface area (Å²) >= 11 is 0. The lowest BCUT2D eigenvalue weighted by Gasteiger charge is -2.11. The second-order valence-electron chi connectivity index (χ2n) is 5.53. The van der Waals surface area contributed by atoms with Crippen molar-refractivity contribution in [3.63, 3.8) is 0 Å². The number of halogens is 2. The van der Waals surface area contributed by atoms with Gasteiger partial charge in [-0.2, -0.15) is 8.78 Å². The van der Waals surface area contributed by atoms with Crippen LogP contribution in [0.25, 0.3) is 6.08 Å².